The molecular formula is C18H17FN2O5S. The minimum absolute atomic E-state index is 0.00907. The van der Waals surface area contributed by atoms with E-state index in [0.29, 0.717) is 12.0 Å². The number of nitro benzene ring substituents is 1. The summed E-state index contributed by atoms with van der Waals surface area (Å²) >= 11 is 0. The molecule has 1 fully saturated rings. The average molecular weight is 392 g/mol. The van der Waals surface area contributed by atoms with Crippen LogP contribution in [-0.2, 0) is 16.4 Å². The zero-order chi connectivity index (χ0) is 19.6. The molecule has 0 aromatic heterocycles. The van der Waals surface area contributed by atoms with Gasteiger partial charge >= 0.3 is 0 Å². The number of amides is 1. The summed E-state index contributed by atoms with van der Waals surface area (Å²) in [6.45, 7) is 0.0494. The number of carbonyl (C=O) groups is 1. The number of hydrogen-bond acceptors (Lipinski definition) is 5. The molecule has 1 heterocycles. The van der Waals surface area contributed by atoms with Crippen molar-refractivity contribution in [2.24, 2.45) is 0 Å². The maximum atomic E-state index is 13.5. The zero-order valence-corrected chi connectivity index (χ0v) is 15.1. The lowest BCUT2D eigenvalue weighted by molar-refractivity contribution is -0.384. The second-order valence-corrected chi connectivity index (χ2v) is 8.65. The van der Waals surface area contributed by atoms with E-state index in [2.05, 4.69) is 0 Å². The Labute approximate surface area is 155 Å². The maximum Gasteiger partial charge on any atom is 0.269 e. The van der Waals surface area contributed by atoms with E-state index in [4.69, 9.17) is 0 Å². The molecule has 7 nitrogen and oxygen atoms in total. The number of benzene rings is 2. The van der Waals surface area contributed by atoms with Crippen LogP contribution in [0.3, 0.4) is 0 Å². The summed E-state index contributed by atoms with van der Waals surface area (Å²) in [6.07, 6.45) is 0.302. The van der Waals surface area contributed by atoms with E-state index in [1.54, 1.807) is 6.07 Å². The zero-order valence-electron chi connectivity index (χ0n) is 14.2. The number of halogens is 1. The lowest BCUT2D eigenvalue weighted by atomic mass is 10.1. The molecule has 142 valence electrons. The summed E-state index contributed by atoms with van der Waals surface area (Å²) < 4.78 is 37.2. The van der Waals surface area contributed by atoms with Crippen molar-refractivity contribution in [2.75, 3.05) is 11.5 Å². The van der Waals surface area contributed by atoms with Gasteiger partial charge in [0.25, 0.3) is 11.6 Å². The number of sulfone groups is 1. The molecule has 3 rings (SSSR count). The van der Waals surface area contributed by atoms with E-state index >= 15 is 0 Å². The van der Waals surface area contributed by atoms with Crippen molar-refractivity contribution in [3.8, 4) is 0 Å². The Morgan fingerprint density at radius 2 is 1.93 bits per heavy atom. The van der Waals surface area contributed by atoms with Crippen molar-refractivity contribution in [1.29, 1.82) is 0 Å². The topological polar surface area (TPSA) is 97.6 Å². The van der Waals surface area contributed by atoms with Gasteiger partial charge in [-0.05, 0) is 36.2 Å². The Kier molecular flexibility index (Phi) is 5.22. The number of nitro groups is 1. The predicted molar refractivity (Wildman–Crippen MR) is 96.4 cm³/mol. The first-order chi connectivity index (χ1) is 12.7. The lowest BCUT2D eigenvalue weighted by Crippen LogP contribution is -2.40. The van der Waals surface area contributed by atoms with Crippen LogP contribution in [0, 0.1) is 15.9 Å². The van der Waals surface area contributed by atoms with Gasteiger partial charge in [-0.3, -0.25) is 14.9 Å². The van der Waals surface area contributed by atoms with Crippen LogP contribution in [-0.4, -0.2) is 41.7 Å². The van der Waals surface area contributed by atoms with Gasteiger partial charge < -0.3 is 4.90 Å². The molecule has 0 saturated carbocycles. The Bertz CT molecular complexity index is 976. The van der Waals surface area contributed by atoms with Gasteiger partial charge in [0.2, 0.25) is 0 Å². The Morgan fingerprint density at radius 1 is 1.22 bits per heavy atom. The second-order valence-electron chi connectivity index (χ2n) is 6.42. The van der Waals surface area contributed by atoms with Gasteiger partial charge in [-0.2, -0.15) is 0 Å². The van der Waals surface area contributed by atoms with E-state index in [9.17, 15) is 27.7 Å². The SMILES string of the molecule is O=C(c1ccc([N+](=O)[O-])cc1)N(Cc1cccc(F)c1)C1CCS(=O)(=O)C1. The molecule has 1 unspecified atom stereocenters. The molecule has 2 aromatic rings. The molecule has 1 amide bonds. The number of nitrogens with zero attached hydrogens (tertiary/aromatic N) is 2. The number of hydrogen-bond donors (Lipinski definition) is 0. The Hall–Kier alpha value is -2.81. The third-order valence-corrected chi connectivity index (χ3v) is 6.23. The van der Waals surface area contributed by atoms with E-state index < -0.39 is 32.5 Å². The number of rotatable bonds is 5. The highest BCUT2D eigenvalue weighted by atomic mass is 32.2. The number of non-ortho nitro benzene ring substituents is 1. The smallest absolute Gasteiger partial charge is 0.269 e. The molecule has 0 N–H and O–H groups in total. The van der Waals surface area contributed by atoms with Crippen LogP contribution in [0.5, 0.6) is 0 Å². The first kappa shape index (κ1) is 19.0. The fraction of sp³-hybridized carbons (Fsp3) is 0.278. The summed E-state index contributed by atoms with van der Waals surface area (Å²) in [5.74, 6) is -1.06. The molecule has 0 bridgehead atoms. The second kappa shape index (κ2) is 7.43. The van der Waals surface area contributed by atoms with Crippen molar-refractivity contribution in [3.63, 3.8) is 0 Å². The van der Waals surface area contributed by atoms with Gasteiger partial charge in [0, 0.05) is 30.3 Å². The van der Waals surface area contributed by atoms with Crippen molar-refractivity contribution in [1.82, 2.24) is 4.90 Å². The summed E-state index contributed by atoms with van der Waals surface area (Å²) in [5, 5.41) is 10.8. The fourth-order valence-electron chi connectivity index (χ4n) is 3.11. The van der Waals surface area contributed by atoms with Gasteiger partial charge in [-0.25, -0.2) is 12.8 Å². The molecule has 0 spiro atoms. The highest BCUT2D eigenvalue weighted by Gasteiger charge is 2.35. The van der Waals surface area contributed by atoms with Gasteiger partial charge in [0.15, 0.2) is 9.84 Å². The quantitative estimate of drug-likeness (QED) is 0.575. The Balaban J connectivity index is 1.90. The average Bonchev–Trinajstić information content (AvgIpc) is 2.99. The van der Waals surface area contributed by atoms with Gasteiger partial charge in [-0.15, -0.1) is 0 Å². The van der Waals surface area contributed by atoms with Gasteiger partial charge in [0.05, 0.1) is 16.4 Å². The molecule has 1 atom stereocenters. The molecular weight excluding hydrogens is 375 g/mol. The van der Waals surface area contributed by atoms with Crippen LogP contribution >= 0.6 is 0 Å². The highest BCUT2D eigenvalue weighted by Crippen LogP contribution is 2.23. The van der Waals surface area contributed by atoms with Crippen LogP contribution in [0.15, 0.2) is 48.5 Å². The van der Waals surface area contributed by atoms with Crippen molar-refractivity contribution < 1.29 is 22.5 Å². The summed E-state index contributed by atoms with van der Waals surface area (Å²) in [7, 11) is -3.23. The summed E-state index contributed by atoms with van der Waals surface area (Å²) in [5.41, 5.74) is 0.600. The van der Waals surface area contributed by atoms with E-state index in [1.165, 1.54) is 47.4 Å². The third-order valence-electron chi connectivity index (χ3n) is 4.48. The molecule has 9 heteroatoms. The lowest BCUT2D eigenvalue weighted by Gasteiger charge is -2.28. The number of carbonyl (C=O) groups excluding carboxylic acids is 1. The van der Waals surface area contributed by atoms with E-state index in [0.717, 1.165) is 0 Å². The minimum Gasteiger partial charge on any atom is -0.330 e. The van der Waals surface area contributed by atoms with Crippen molar-refractivity contribution in [2.45, 2.75) is 19.0 Å². The van der Waals surface area contributed by atoms with Crippen molar-refractivity contribution in [3.05, 3.63) is 75.6 Å². The van der Waals surface area contributed by atoms with Crippen LogP contribution in [0.2, 0.25) is 0 Å². The Morgan fingerprint density at radius 3 is 2.48 bits per heavy atom. The van der Waals surface area contributed by atoms with Gasteiger partial charge in [0.1, 0.15) is 5.82 Å². The standard InChI is InChI=1S/C18H17FN2O5S/c19-15-3-1-2-13(10-15)11-20(17-8-9-27(25,26)12-17)18(22)14-4-6-16(7-5-14)21(23)24/h1-7,10,17H,8-9,11-12H2. The molecule has 2 aromatic carbocycles. The fourth-order valence-corrected chi connectivity index (χ4v) is 4.84. The molecule has 27 heavy (non-hydrogen) atoms. The minimum atomic E-state index is -3.23. The summed E-state index contributed by atoms with van der Waals surface area (Å²) in [4.78, 5) is 24.6. The predicted octanol–water partition coefficient (Wildman–Crippen LogP) is 2.56. The van der Waals surface area contributed by atoms with Crippen LogP contribution in [0.1, 0.15) is 22.3 Å². The van der Waals surface area contributed by atoms with Gasteiger partial charge in [-0.1, -0.05) is 12.1 Å². The highest BCUT2D eigenvalue weighted by molar-refractivity contribution is 7.91. The first-order valence-corrected chi connectivity index (χ1v) is 10.1. The largest absolute Gasteiger partial charge is 0.330 e. The van der Waals surface area contributed by atoms with E-state index in [1.807, 2.05) is 0 Å². The van der Waals surface area contributed by atoms with Crippen molar-refractivity contribution >= 4 is 21.4 Å². The molecule has 0 radical (unpaired) electrons. The van der Waals surface area contributed by atoms with Crippen LogP contribution < -0.4 is 0 Å². The summed E-state index contributed by atoms with van der Waals surface area (Å²) in [6, 6.07) is 10.3. The van der Waals surface area contributed by atoms with Crippen LogP contribution in [0.4, 0.5) is 10.1 Å². The van der Waals surface area contributed by atoms with Crippen LogP contribution in [0.25, 0.3) is 0 Å². The molecule has 1 aliphatic rings. The molecule has 0 aliphatic carbocycles. The maximum absolute atomic E-state index is 13.5. The first-order valence-electron chi connectivity index (χ1n) is 8.25. The monoisotopic (exact) mass is 392 g/mol. The third kappa shape index (κ3) is 4.48. The molecule has 1 aliphatic heterocycles. The molecule has 1 saturated heterocycles. The van der Waals surface area contributed by atoms with E-state index in [-0.39, 0.29) is 29.3 Å². The normalized spacial score (nSPS) is 18.2.